The monoisotopic (exact) mass is 357 g/mol. The molecule has 146 valence electrons. The lowest BCUT2D eigenvalue weighted by Crippen LogP contribution is -2.46. The van der Waals surface area contributed by atoms with E-state index in [-0.39, 0.29) is 12.2 Å². The first kappa shape index (κ1) is 21.5. The van der Waals surface area contributed by atoms with Crippen LogP contribution in [0.15, 0.2) is 0 Å². The average molecular weight is 357 g/mol. The normalized spacial score (nSPS) is 16.5. The second-order valence-electron chi connectivity index (χ2n) is 8.48. The Labute approximate surface area is 151 Å². The summed E-state index contributed by atoms with van der Waals surface area (Å²) < 4.78 is 10.6. The molecule has 1 fully saturated rings. The molecule has 0 atom stereocenters. The maximum atomic E-state index is 12.0. The third-order valence-corrected chi connectivity index (χ3v) is 3.60. The number of hydrogen-bond donors (Lipinski definition) is 2. The Bertz CT molecular complexity index is 433. The van der Waals surface area contributed by atoms with Crippen LogP contribution in [0.25, 0.3) is 0 Å². The van der Waals surface area contributed by atoms with Gasteiger partial charge in [0.25, 0.3) is 0 Å². The molecule has 0 aromatic heterocycles. The second kappa shape index (κ2) is 9.27. The van der Waals surface area contributed by atoms with E-state index < -0.39 is 11.2 Å². The Balaban J connectivity index is 2.11. The largest absolute Gasteiger partial charge is 0.444 e. The van der Waals surface area contributed by atoms with E-state index >= 15 is 0 Å². The fraction of sp³-hybridized carbons (Fsp3) is 0.889. The third-order valence-electron chi connectivity index (χ3n) is 3.60. The van der Waals surface area contributed by atoms with Crippen LogP contribution < -0.4 is 10.6 Å². The van der Waals surface area contributed by atoms with Crippen molar-refractivity contribution in [3.05, 3.63) is 0 Å². The summed E-state index contributed by atoms with van der Waals surface area (Å²) in [4.78, 5) is 25.3. The Morgan fingerprint density at radius 2 is 1.52 bits per heavy atom. The Morgan fingerprint density at radius 1 is 0.960 bits per heavy atom. The minimum atomic E-state index is -0.468. The van der Waals surface area contributed by atoms with Crippen LogP contribution in [0, 0.1) is 0 Å². The lowest BCUT2D eigenvalue weighted by molar-refractivity contribution is 0.0198. The highest BCUT2D eigenvalue weighted by molar-refractivity contribution is 5.68. The molecule has 2 amide bonds. The van der Waals surface area contributed by atoms with Crippen molar-refractivity contribution >= 4 is 12.2 Å². The van der Waals surface area contributed by atoms with Crippen molar-refractivity contribution in [2.24, 2.45) is 0 Å². The smallest absolute Gasteiger partial charge is 0.410 e. The van der Waals surface area contributed by atoms with Gasteiger partial charge in [-0.05, 0) is 67.3 Å². The summed E-state index contributed by atoms with van der Waals surface area (Å²) in [7, 11) is 0. The van der Waals surface area contributed by atoms with Gasteiger partial charge >= 0.3 is 12.2 Å². The van der Waals surface area contributed by atoms with Gasteiger partial charge in [-0.15, -0.1) is 0 Å². The molecule has 0 aromatic carbocycles. The van der Waals surface area contributed by atoms with E-state index in [4.69, 9.17) is 9.47 Å². The molecule has 1 aliphatic rings. The maximum absolute atomic E-state index is 12.0. The molecule has 1 saturated heterocycles. The summed E-state index contributed by atoms with van der Waals surface area (Å²) in [5.74, 6) is 0. The zero-order chi connectivity index (χ0) is 19.1. The predicted octanol–water partition coefficient (Wildman–Crippen LogP) is 2.89. The van der Waals surface area contributed by atoms with Gasteiger partial charge in [0, 0.05) is 25.7 Å². The Morgan fingerprint density at radius 3 is 2.04 bits per heavy atom. The number of piperidine rings is 1. The van der Waals surface area contributed by atoms with E-state index in [9.17, 15) is 9.59 Å². The summed E-state index contributed by atoms with van der Waals surface area (Å²) in [6, 6.07) is 0.403. The number of rotatable bonds is 5. The molecule has 0 aliphatic carbocycles. The van der Waals surface area contributed by atoms with Crippen LogP contribution in [0.4, 0.5) is 9.59 Å². The van der Waals surface area contributed by atoms with Gasteiger partial charge in [-0.2, -0.15) is 0 Å². The summed E-state index contributed by atoms with van der Waals surface area (Å²) in [5.41, 5.74) is -0.919. The minimum Gasteiger partial charge on any atom is -0.444 e. The number of nitrogens with one attached hydrogen (secondary N) is 2. The lowest BCUT2D eigenvalue weighted by atomic mass is 10.1. The van der Waals surface area contributed by atoms with Gasteiger partial charge < -0.3 is 25.0 Å². The van der Waals surface area contributed by atoms with Crippen LogP contribution in [-0.4, -0.2) is 60.5 Å². The van der Waals surface area contributed by atoms with Gasteiger partial charge in [0.15, 0.2) is 0 Å². The molecule has 0 bridgehead atoms. The standard InChI is InChI=1S/C18H35N3O4/c1-17(2,3)24-15(22)20-11-7-10-19-14-8-12-21(13-9-14)16(23)25-18(4,5)6/h14,19H,7-13H2,1-6H3,(H,20,22). The predicted molar refractivity (Wildman–Crippen MR) is 97.7 cm³/mol. The molecule has 7 heteroatoms. The van der Waals surface area contributed by atoms with Crippen molar-refractivity contribution in [3.8, 4) is 0 Å². The molecular weight excluding hydrogens is 322 g/mol. The number of alkyl carbamates (subject to hydrolysis) is 1. The number of amides is 2. The number of carbonyl (C=O) groups excluding carboxylic acids is 2. The van der Waals surface area contributed by atoms with Crippen LogP contribution in [0.2, 0.25) is 0 Å². The zero-order valence-electron chi connectivity index (χ0n) is 16.6. The van der Waals surface area contributed by atoms with Gasteiger partial charge in [0.05, 0.1) is 0 Å². The van der Waals surface area contributed by atoms with E-state index in [0.29, 0.717) is 25.7 Å². The molecular formula is C18H35N3O4. The first-order chi connectivity index (χ1) is 11.5. The number of ether oxygens (including phenoxy) is 2. The number of likely N-dealkylation sites (tertiary alicyclic amines) is 1. The highest BCUT2D eigenvalue weighted by Crippen LogP contribution is 2.15. The molecule has 2 N–H and O–H groups in total. The number of carbonyl (C=O) groups is 2. The van der Waals surface area contributed by atoms with Crippen molar-refractivity contribution in [2.45, 2.75) is 78.0 Å². The van der Waals surface area contributed by atoms with Crippen molar-refractivity contribution in [2.75, 3.05) is 26.2 Å². The third kappa shape index (κ3) is 10.2. The fourth-order valence-corrected chi connectivity index (χ4v) is 2.49. The van der Waals surface area contributed by atoms with Gasteiger partial charge in [-0.3, -0.25) is 0 Å². The molecule has 0 saturated carbocycles. The number of hydrogen-bond acceptors (Lipinski definition) is 5. The highest BCUT2D eigenvalue weighted by Gasteiger charge is 2.26. The topological polar surface area (TPSA) is 79.9 Å². The molecule has 0 radical (unpaired) electrons. The molecule has 1 rings (SSSR count). The quantitative estimate of drug-likeness (QED) is 0.740. The van der Waals surface area contributed by atoms with Gasteiger partial charge in [0.2, 0.25) is 0 Å². The van der Waals surface area contributed by atoms with Crippen LogP contribution in [-0.2, 0) is 9.47 Å². The lowest BCUT2D eigenvalue weighted by Gasteiger charge is -2.33. The summed E-state index contributed by atoms with van der Waals surface area (Å²) in [5, 5.41) is 6.23. The summed E-state index contributed by atoms with van der Waals surface area (Å²) >= 11 is 0. The molecule has 7 nitrogen and oxygen atoms in total. The fourth-order valence-electron chi connectivity index (χ4n) is 2.49. The van der Waals surface area contributed by atoms with E-state index in [1.807, 2.05) is 41.5 Å². The van der Waals surface area contributed by atoms with Crippen LogP contribution in [0.1, 0.15) is 60.8 Å². The minimum absolute atomic E-state index is 0.229. The summed E-state index contributed by atoms with van der Waals surface area (Å²) in [6.45, 7) is 14.0. The van der Waals surface area contributed by atoms with Crippen molar-refractivity contribution in [3.63, 3.8) is 0 Å². The number of nitrogens with zero attached hydrogens (tertiary/aromatic N) is 1. The summed E-state index contributed by atoms with van der Waals surface area (Å²) in [6.07, 6.45) is 2.06. The molecule has 0 spiro atoms. The zero-order valence-corrected chi connectivity index (χ0v) is 16.6. The average Bonchev–Trinajstić information content (AvgIpc) is 2.43. The first-order valence-corrected chi connectivity index (χ1v) is 9.14. The van der Waals surface area contributed by atoms with Crippen LogP contribution in [0.5, 0.6) is 0 Å². The molecule has 1 heterocycles. The highest BCUT2D eigenvalue weighted by atomic mass is 16.6. The van der Waals surface area contributed by atoms with Crippen LogP contribution in [0.3, 0.4) is 0 Å². The van der Waals surface area contributed by atoms with Crippen molar-refractivity contribution in [1.29, 1.82) is 0 Å². The second-order valence-corrected chi connectivity index (χ2v) is 8.48. The van der Waals surface area contributed by atoms with Gasteiger partial charge in [-0.25, -0.2) is 9.59 Å². The molecule has 0 aromatic rings. The van der Waals surface area contributed by atoms with Gasteiger partial charge in [0.1, 0.15) is 11.2 Å². The first-order valence-electron chi connectivity index (χ1n) is 9.14. The van der Waals surface area contributed by atoms with Gasteiger partial charge in [-0.1, -0.05) is 0 Å². The SMILES string of the molecule is CC(C)(C)OC(=O)NCCCNC1CCN(C(=O)OC(C)(C)C)CC1. The molecule has 25 heavy (non-hydrogen) atoms. The Kier molecular flexibility index (Phi) is 7.99. The van der Waals surface area contributed by atoms with E-state index in [2.05, 4.69) is 10.6 Å². The Hall–Kier alpha value is -1.50. The maximum Gasteiger partial charge on any atom is 0.410 e. The molecule has 0 unspecified atom stereocenters. The molecule has 1 aliphatic heterocycles. The van der Waals surface area contributed by atoms with E-state index in [0.717, 1.165) is 25.8 Å². The van der Waals surface area contributed by atoms with Crippen molar-refractivity contribution in [1.82, 2.24) is 15.5 Å². The van der Waals surface area contributed by atoms with E-state index in [1.165, 1.54) is 0 Å². The van der Waals surface area contributed by atoms with Crippen LogP contribution >= 0.6 is 0 Å². The van der Waals surface area contributed by atoms with E-state index in [1.54, 1.807) is 4.90 Å². The van der Waals surface area contributed by atoms with Crippen molar-refractivity contribution < 1.29 is 19.1 Å².